The van der Waals surface area contributed by atoms with Crippen LogP contribution in [0.15, 0.2) is 42.5 Å². The molecule has 0 saturated heterocycles. The van der Waals surface area contributed by atoms with Crippen molar-refractivity contribution in [2.75, 3.05) is 0 Å². The largest absolute Gasteiger partial charge is 0.489 e. The fraction of sp³-hybridized carbons (Fsp3) is 0.273. The molecule has 0 N–H and O–H groups in total. The van der Waals surface area contributed by atoms with Gasteiger partial charge < -0.3 is 4.74 Å². The molecule has 0 unspecified atom stereocenters. The second-order valence-electron chi connectivity index (χ2n) is 6.56. The number of ether oxygens (including phenoxy) is 1. The molecule has 0 radical (unpaired) electrons. The average molecular weight is 376 g/mol. The van der Waals surface area contributed by atoms with E-state index in [1.165, 1.54) is 18.2 Å². The highest BCUT2D eigenvalue weighted by Gasteiger charge is 2.13. The van der Waals surface area contributed by atoms with E-state index in [9.17, 15) is 17.6 Å². The highest BCUT2D eigenvalue weighted by atomic mass is 19.2. The molecule has 3 aromatic rings. The zero-order valence-electron chi connectivity index (χ0n) is 15.0. The van der Waals surface area contributed by atoms with Gasteiger partial charge in [0.1, 0.15) is 24.0 Å². The number of rotatable bonds is 7. The third kappa shape index (κ3) is 4.59. The van der Waals surface area contributed by atoms with Gasteiger partial charge in [-0.1, -0.05) is 25.8 Å². The molecule has 0 amide bonds. The van der Waals surface area contributed by atoms with Crippen molar-refractivity contribution in [3.05, 3.63) is 76.9 Å². The van der Waals surface area contributed by atoms with Gasteiger partial charge in [0, 0.05) is 0 Å². The summed E-state index contributed by atoms with van der Waals surface area (Å²) in [7, 11) is 0. The Hall–Kier alpha value is -2.56. The van der Waals surface area contributed by atoms with Crippen LogP contribution < -0.4 is 4.74 Å². The maximum atomic E-state index is 14.3. The van der Waals surface area contributed by atoms with Gasteiger partial charge in [0.2, 0.25) is 0 Å². The van der Waals surface area contributed by atoms with Gasteiger partial charge in [0.05, 0.1) is 5.56 Å². The third-order valence-electron chi connectivity index (χ3n) is 4.50. The summed E-state index contributed by atoms with van der Waals surface area (Å²) in [5.41, 5.74) is 0.477. The summed E-state index contributed by atoms with van der Waals surface area (Å²) in [5.74, 6) is -2.86. The molecule has 0 atom stereocenters. The normalized spacial score (nSPS) is 11.1. The molecular formula is C22H20F4O. The maximum absolute atomic E-state index is 14.3. The number of aryl methyl sites for hydroxylation is 1. The van der Waals surface area contributed by atoms with Crippen LogP contribution in [0, 0.1) is 23.3 Å². The van der Waals surface area contributed by atoms with Crippen molar-refractivity contribution in [2.45, 2.75) is 39.2 Å². The molecule has 3 aromatic carbocycles. The van der Waals surface area contributed by atoms with E-state index >= 15 is 0 Å². The highest BCUT2D eigenvalue weighted by Crippen LogP contribution is 2.25. The predicted octanol–water partition coefficient (Wildman–Crippen LogP) is 6.71. The summed E-state index contributed by atoms with van der Waals surface area (Å²) in [4.78, 5) is 0. The summed E-state index contributed by atoms with van der Waals surface area (Å²) in [6.45, 7) is 1.78. The molecule has 142 valence electrons. The number of hydrogen-bond donors (Lipinski definition) is 0. The number of unbranched alkanes of at least 4 members (excludes halogenated alkanes) is 2. The lowest BCUT2D eigenvalue weighted by atomic mass is 10.0. The van der Waals surface area contributed by atoms with Crippen LogP contribution in [0.5, 0.6) is 5.75 Å². The molecule has 3 rings (SSSR count). The zero-order valence-corrected chi connectivity index (χ0v) is 15.0. The van der Waals surface area contributed by atoms with Crippen LogP contribution in [0.2, 0.25) is 0 Å². The van der Waals surface area contributed by atoms with Gasteiger partial charge in [-0.3, -0.25) is 0 Å². The second-order valence-corrected chi connectivity index (χ2v) is 6.56. The Morgan fingerprint density at radius 1 is 0.741 bits per heavy atom. The van der Waals surface area contributed by atoms with Gasteiger partial charge in [-0.15, -0.1) is 0 Å². The molecule has 0 aliphatic heterocycles. The minimum atomic E-state index is -0.963. The van der Waals surface area contributed by atoms with Crippen molar-refractivity contribution < 1.29 is 22.3 Å². The molecule has 0 spiro atoms. The van der Waals surface area contributed by atoms with Gasteiger partial charge in [-0.25, -0.2) is 17.6 Å². The highest BCUT2D eigenvalue weighted by molar-refractivity contribution is 5.84. The lowest BCUT2D eigenvalue weighted by Gasteiger charge is -2.11. The standard InChI is InChI=1S/C22H20F4O/c1-2-3-4-5-14-8-19(23)18(20(24)9-14)13-27-17-7-6-15-11-21(25)22(26)12-16(15)10-17/h6-12H,2-5,13H2,1H3. The van der Waals surface area contributed by atoms with Gasteiger partial charge in [0.15, 0.2) is 11.6 Å². The Morgan fingerprint density at radius 2 is 1.41 bits per heavy atom. The topological polar surface area (TPSA) is 9.23 Å². The van der Waals surface area contributed by atoms with Crippen LogP contribution >= 0.6 is 0 Å². The lowest BCUT2D eigenvalue weighted by Crippen LogP contribution is -2.04. The molecule has 5 heteroatoms. The third-order valence-corrected chi connectivity index (χ3v) is 4.50. The average Bonchev–Trinajstić information content (AvgIpc) is 2.62. The molecule has 0 heterocycles. The van der Waals surface area contributed by atoms with Gasteiger partial charge in [0.25, 0.3) is 0 Å². The van der Waals surface area contributed by atoms with Crippen molar-refractivity contribution in [3.63, 3.8) is 0 Å². The first-order valence-corrected chi connectivity index (χ1v) is 8.96. The van der Waals surface area contributed by atoms with E-state index in [0.717, 1.165) is 31.4 Å². The maximum Gasteiger partial charge on any atom is 0.159 e. The first-order valence-electron chi connectivity index (χ1n) is 8.96. The monoisotopic (exact) mass is 376 g/mol. The van der Waals surface area contributed by atoms with Crippen molar-refractivity contribution >= 4 is 10.8 Å². The quantitative estimate of drug-likeness (QED) is 0.329. The molecule has 0 fully saturated rings. The van der Waals surface area contributed by atoms with Crippen LogP contribution in [-0.2, 0) is 13.0 Å². The zero-order chi connectivity index (χ0) is 19.4. The summed E-state index contributed by atoms with van der Waals surface area (Å²) in [6.07, 6.45) is 3.58. The Morgan fingerprint density at radius 3 is 2.07 bits per heavy atom. The van der Waals surface area contributed by atoms with E-state index in [0.29, 0.717) is 28.5 Å². The molecule has 0 bridgehead atoms. The van der Waals surface area contributed by atoms with Crippen LogP contribution in [0.3, 0.4) is 0 Å². The molecule has 27 heavy (non-hydrogen) atoms. The van der Waals surface area contributed by atoms with Crippen molar-refractivity contribution in [1.82, 2.24) is 0 Å². The molecule has 1 nitrogen and oxygen atoms in total. The predicted molar refractivity (Wildman–Crippen MR) is 97.8 cm³/mol. The molecule has 0 aliphatic rings. The summed E-state index contributed by atoms with van der Waals surface area (Å²) >= 11 is 0. The molecule has 0 aromatic heterocycles. The second kappa shape index (κ2) is 8.42. The number of benzene rings is 3. The summed E-state index contributed by atoms with van der Waals surface area (Å²) < 4.78 is 60.6. The molecule has 0 saturated carbocycles. The fourth-order valence-corrected chi connectivity index (χ4v) is 2.98. The van der Waals surface area contributed by atoms with Crippen LogP contribution in [0.25, 0.3) is 10.8 Å². The van der Waals surface area contributed by atoms with Crippen molar-refractivity contribution in [2.24, 2.45) is 0 Å². The van der Waals surface area contributed by atoms with E-state index in [2.05, 4.69) is 6.92 Å². The SMILES string of the molecule is CCCCCc1cc(F)c(COc2ccc3cc(F)c(F)cc3c2)c(F)c1. The van der Waals surface area contributed by atoms with Gasteiger partial charge >= 0.3 is 0 Å². The smallest absolute Gasteiger partial charge is 0.159 e. The van der Waals surface area contributed by atoms with Crippen LogP contribution in [0.1, 0.15) is 37.3 Å². The summed E-state index contributed by atoms with van der Waals surface area (Å²) in [5, 5.41) is 0.952. The minimum Gasteiger partial charge on any atom is -0.489 e. The Labute approximate surface area is 155 Å². The molecular weight excluding hydrogens is 356 g/mol. The van der Waals surface area contributed by atoms with E-state index in [-0.39, 0.29) is 12.2 Å². The Kier molecular flexibility index (Phi) is 5.99. The van der Waals surface area contributed by atoms with E-state index in [1.54, 1.807) is 12.1 Å². The fourth-order valence-electron chi connectivity index (χ4n) is 2.98. The van der Waals surface area contributed by atoms with Crippen molar-refractivity contribution in [1.29, 1.82) is 0 Å². The van der Waals surface area contributed by atoms with Gasteiger partial charge in [-0.2, -0.15) is 0 Å². The minimum absolute atomic E-state index is 0.153. The van der Waals surface area contributed by atoms with Crippen LogP contribution in [0.4, 0.5) is 17.6 Å². The van der Waals surface area contributed by atoms with E-state index < -0.39 is 23.3 Å². The van der Waals surface area contributed by atoms with E-state index in [4.69, 9.17) is 4.74 Å². The number of halogens is 4. The van der Waals surface area contributed by atoms with Gasteiger partial charge in [-0.05, 0) is 65.6 Å². The molecule has 0 aliphatic carbocycles. The van der Waals surface area contributed by atoms with Crippen molar-refractivity contribution in [3.8, 4) is 5.75 Å². The Bertz CT molecular complexity index is 929. The number of hydrogen-bond acceptors (Lipinski definition) is 1. The van der Waals surface area contributed by atoms with E-state index in [1.807, 2.05) is 0 Å². The lowest BCUT2D eigenvalue weighted by molar-refractivity contribution is 0.293. The first-order chi connectivity index (χ1) is 13.0. The Balaban J connectivity index is 1.74. The number of fused-ring (bicyclic) bond motifs is 1. The first kappa shape index (κ1) is 19.2. The van der Waals surface area contributed by atoms with Crippen LogP contribution in [-0.4, -0.2) is 0 Å². The summed E-state index contributed by atoms with van der Waals surface area (Å²) in [6, 6.07) is 9.46.